The fraction of sp³-hybridized carbons (Fsp3) is 0.192. The maximum Gasteiger partial charge on any atom is 1.00 e. The summed E-state index contributed by atoms with van der Waals surface area (Å²) in [6, 6.07) is 41.0. The number of aromatic nitrogens is 2. The number of carboxylic acid groups (broad SMARTS) is 3. The minimum atomic E-state index is -1.27. The van der Waals surface area contributed by atoms with Gasteiger partial charge in [0, 0.05) is 70.4 Å². The Labute approximate surface area is 442 Å². The summed E-state index contributed by atoms with van der Waals surface area (Å²) in [7, 11) is 0. The van der Waals surface area contributed by atoms with Crippen LogP contribution in [0.1, 0.15) is 50.8 Å². The van der Waals surface area contributed by atoms with Gasteiger partial charge in [0.05, 0.1) is 52.1 Å². The number of carboxylic acids is 3. The first kappa shape index (κ1) is 53.8. The van der Waals surface area contributed by atoms with E-state index < -0.39 is 30.1 Å². The van der Waals surface area contributed by atoms with E-state index in [4.69, 9.17) is 19.4 Å². The van der Waals surface area contributed by atoms with Crippen molar-refractivity contribution in [2.75, 3.05) is 34.5 Å². The van der Waals surface area contributed by atoms with Crippen molar-refractivity contribution in [1.82, 2.24) is 9.97 Å². The number of benzene rings is 6. The molecule has 8 rings (SSSR count). The largest absolute Gasteiger partial charge is 1.00 e. The van der Waals surface area contributed by atoms with Crippen LogP contribution in [0.3, 0.4) is 0 Å². The predicted molar refractivity (Wildman–Crippen MR) is 256 cm³/mol. The van der Waals surface area contributed by atoms with Gasteiger partial charge in [0.2, 0.25) is 5.91 Å². The third-order valence-electron chi connectivity index (χ3n) is 10.5. The average Bonchev–Trinajstić information content (AvgIpc) is 3.30. The van der Waals surface area contributed by atoms with Crippen LogP contribution in [0.25, 0.3) is 43.6 Å². The summed E-state index contributed by atoms with van der Waals surface area (Å²) in [5.74, 6) is -3.68. The van der Waals surface area contributed by atoms with Gasteiger partial charge in [-0.3, -0.25) is 4.79 Å². The summed E-state index contributed by atoms with van der Waals surface area (Å²) in [5.41, 5.74) is 8.75. The molecule has 0 spiro atoms. The second kappa shape index (κ2) is 25.5. The Bertz CT molecular complexity index is 3010. The monoisotopic (exact) mass is 946 g/mol. The fourth-order valence-electron chi connectivity index (χ4n) is 7.61. The number of amides is 1. The Balaban J connectivity index is 0.000000250. The van der Waals surface area contributed by atoms with Gasteiger partial charge in [0.1, 0.15) is 0 Å². The number of aliphatic carboxylic acids is 3. The molecule has 0 radical (unpaired) electrons. The molecule has 5 N–H and O–H groups in total. The average molecular weight is 947 g/mol. The topological polar surface area (TPSA) is 227 Å². The van der Waals surface area contributed by atoms with Gasteiger partial charge in [-0.05, 0) is 98.5 Å². The molecule has 0 aliphatic heterocycles. The van der Waals surface area contributed by atoms with E-state index in [1.54, 1.807) is 25.1 Å². The summed E-state index contributed by atoms with van der Waals surface area (Å²) >= 11 is 0. The van der Waals surface area contributed by atoms with E-state index in [9.17, 15) is 34.5 Å². The van der Waals surface area contributed by atoms with Crippen LogP contribution in [0.4, 0.5) is 34.1 Å². The molecular weight excluding hydrogens is 899 g/mol. The first-order chi connectivity index (χ1) is 32.4. The van der Waals surface area contributed by atoms with Gasteiger partial charge in [0.15, 0.2) is 6.10 Å². The summed E-state index contributed by atoms with van der Waals surface area (Å²) in [6.45, 7) is 5.42. The number of nitrogens with zero attached hydrogens (tertiary/aromatic N) is 2. The van der Waals surface area contributed by atoms with Crippen LogP contribution < -0.4 is 90.6 Å². The second-order valence-electron chi connectivity index (χ2n) is 15.6. The Morgan fingerprint density at radius 3 is 1.55 bits per heavy atom. The molecule has 0 saturated carbocycles. The van der Waals surface area contributed by atoms with E-state index >= 15 is 0 Å². The Kier molecular flexibility index (Phi) is 19.9. The molecule has 0 aliphatic rings. The van der Waals surface area contributed by atoms with Crippen molar-refractivity contribution in [1.29, 1.82) is 0 Å². The summed E-state index contributed by atoms with van der Waals surface area (Å²) in [4.78, 5) is 54.9. The number of hydrogen-bond acceptors (Lipinski definition) is 13. The molecule has 0 bridgehead atoms. The van der Waals surface area contributed by atoms with Crippen molar-refractivity contribution >= 4 is 102 Å². The molecular formula is C52H48N6Na2O9. The van der Waals surface area contributed by atoms with E-state index in [0.717, 1.165) is 66.2 Å². The molecule has 1 amide bonds. The molecule has 0 aliphatic carbocycles. The Morgan fingerprint density at radius 2 is 1.10 bits per heavy atom. The summed E-state index contributed by atoms with van der Waals surface area (Å²) in [5, 5.41) is 47.9. The van der Waals surface area contributed by atoms with Crippen molar-refractivity contribution in [3.63, 3.8) is 0 Å². The molecule has 17 heteroatoms. The molecule has 2 unspecified atom stereocenters. The van der Waals surface area contributed by atoms with Crippen molar-refractivity contribution in [2.45, 2.75) is 52.4 Å². The number of para-hydroxylation sites is 4. The maximum absolute atomic E-state index is 11.9. The third-order valence-corrected chi connectivity index (χ3v) is 10.5. The van der Waals surface area contributed by atoms with Crippen LogP contribution in [-0.2, 0) is 35.3 Å². The van der Waals surface area contributed by atoms with E-state index in [-0.39, 0.29) is 84.7 Å². The van der Waals surface area contributed by atoms with Gasteiger partial charge >= 0.3 is 65.1 Å². The maximum atomic E-state index is 11.9. The van der Waals surface area contributed by atoms with Crippen LogP contribution in [0, 0.1) is 0 Å². The molecule has 2 atom stereocenters. The molecule has 2 heterocycles. The molecule has 8 aromatic rings. The van der Waals surface area contributed by atoms with Crippen molar-refractivity contribution in [2.24, 2.45) is 0 Å². The molecule has 0 fully saturated rings. The van der Waals surface area contributed by atoms with Crippen LogP contribution in [0.5, 0.6) is 0 Å². The molecule has 69 heavy (non-hydrogen) atoms. The molecule has 15 nitrogen and oxygen atoms in total. The number of fused-ring (bicyclic) bond motifs is 4. The normalized spacial score (nSPS) is 11.6. The van der Waals surface area contributed by atoms with Gasteiger partial charge in [0.25, 0.3) is 0 Å². The van der Waals surface area contributed by atoms with Crippen molar-refractivity contribution in [3.8, 4) is 0 Å². The number of nitrogens with one attached hydrogen (secondary N) is 4. The standard InChI is InChI=1S/C26H25N3O5.C26H25N3O4.2Na/c1-3-34-24(26(32)33)16-12-17(27-15(2)25(30)31)14-18(13-16)28-23-19-8-4-6-10-21(19)29-22-11-7-5-9-20(22)23;1-17(30)27-19-13-18(16-33-12-6-11-25(31)32)14-20(15-19)28-26-21-7-2-4-9-23(21)29-24-10-5-3-8-22(24)26;;/h4-15,24,27H,3H2,1-2H3,(H,28,29)(H,30,31)(H,32,33);2-5,7-10,13-15H,6,11-12,16H2,1H3,(H,27,30)(H,28,29)(H,31,32);;/q;;2*+1/p-2. The van der Waals surface area contributed by atoms with Crippen LogP contribution in [0.15, 0.2) is 133 Å². The van der Waals surface area contributed by atoms with Crippen LogP contribution in [0.2, 0.25) is 0 Å². The van der Waals surface area contributed by atoms with E-state index in [0.29, 0.717) is 35.7 Å². The minimum absolute atomic E-state index is 0. The zero-order valence-corrected chi connectivity index (χ0v) is 43.0. The van der Waals surface area contributed by atoms with Crippen molar-refractivity contribution in [3.05, 3.63) is 145 Å². The van der Waals surface area contributed by atoms with Crippen LogP contribution in [-0.4, -0.2) is 58.1 Å². The Hall–Kier alpha value is -6.14. The van der Waals surface area contributed by atoms with Gasteiger partial charge in [-0.1, -0.05) is 72.8 Å². The van der Waals surface area contributed by atoms with E-state index in [2.05, 4.69) is 21.3 Å². The van der Waals surface area contributed by atoms with Gasteiger partial charge in [-0.25, -0.2) is 14.8 Å². The third kappa shape index (κ3) is 14.2. The molecule has 6 aromatic carbocycles. The smallest absolute Gasteiger partial charge is 0.550 e. The first-order valence-corrected chi connectivity index (χ1v) is 21.6. The van der Waals surface area contributed by atoms with Gasteiger partial charge < -0.3 is 55.6 Å². The predicted octanol–water partition coefficient (Wildman–Crippen LogP) is 1.99. The quantitative estimate of drug-likeness (QED) is 0.0472. The number of pyridine rings is 2. The molecule has 0 saturated heterocycles. The van der Waals surface area contributed by atoms with E-state index in [1.807, 2.05) is 115 Å². The number of ether oxygens (including phenoxy) is 2. The first-order valence-electron chi connectivity index (χ1n) is 21.6. The van der Waals surface area contributed by atoms with Crippen LogP contribution >= 0.6 is 0 Å². The van der Waals surface area contributed by atoms with Gasteiger partial charge in [-0.15, -0.1) is 0 Å². The SMILES string of the molecule is CC(=O)Nc1cc(COCCCC(=O)[O-])cc(Nc2c3ccccc3nc3ccccc23)c1.CCOC(C(=O)O)c1cc(Nc2c3ccccc3nc3ccccc23)cc(NC(C)C(=O)[O-])c1.[Na+].[Na+]. The fourth-order valence-corrected chi connectivity index (χ4v) is 7.61. The van der Waals surface area contributed by atoms with Crippen molar-refractivity contribution < 1.29 is 103 Å². The molecule has 342 valence electrons. The number of carbonyl (C=O) groups is 4. The van der Waals surface area contributed by atoms with E-state index in [1.165, 1.54) is 13.8 Å². The minimum Gasteiger partial charge on any atom is -0.550 e. The zero-order chi connectivity index (χ0) is 47.5. The Morgan fingerprint density at radius 1 is 0.652 bits per heavy atom. The molecule has 2 aromatic heterocycles. The number of anilines is 6. The second-order valence-corrected chi connectivity index (χ2v) is 15.6. The zero-order valence-electron chi connectivity index (χ0n) is 39.0. The summed E-state index contributed by atoms with van der Waals surface area (Å²) in [6.07, 6.45) is -0.870. The van der Waals surface area contributed by atoms with Gasteiger partial charge in [-0.2, -0.15) is 0 Å². The summed E-state index contributed by atoms with van der Waals surface area (Å²) < 4.78 is 11.1. The number of rotatable bonds is 18. The number of hydrogen-bond donors (Lipinski definition) is 5. The number of carbonyl (C=O) groups excluding carboxylic acids is 3.